The third-order valence-electron chi connectivity index (χ3n) is 4.07. The molecule has 1 amide bonds. The van der Waals surface area contributed by atoms with Crippen molar-refractivity contribution in [2.24, 2.45) is 0 Å². The van der Waals surface area contributed by atoms with E-state index in [9.17, 15) is 4.79 Å². The number of methoxy groups -OCH3 is 1. The van der Waals surface area contributed by atoms with Gasteiger partial charge < -0.3 is 4.74 Å². The van der Waals surface area contributed by atoms with E-state index in [0.29, 0.717) is 18.1 Å². The van der Waals surface area contributed by atoms with E-state index in [1.165, 1.54) is 11.3 Å². The van der Waals surface area contributed by atoms with Crippen LogP contribution in [0.25, 0.3) is 10.2 Å². The average Bonchev–Trinajstić information content (AvgIpc) is 3.35. The van der Waals surface area contributed by atoms with E-state index in [1.54, 1.807) is 29.5 Å². The van der Waals surface area contributed by atoms with Gasteiger partial charge in [0.05, 0.1) is 36.0 Å². The van der Waals surface area contributed by atoms with Gasteiger partial charge in [0.25, 0.3) is 0 Å². The predicted octanol–water partition coefficient (Wildman–Crippen LogP) is 4.54. The van der Waals surface area contributed by atoms with Crippen LogP contribution < -0.4 is 9.64 Å². The van der Waals surface area contributed by atoms with Crippen molar-refractivity contribution in [3.63, 3.8) is 0 Å². The maximum Gasteiger partial charge on any atom is 0.234 e. The molecule has 0 bridgehead atoms. The minimum atomic E-state index is 0.00845. The molecule has 0 saturated carbocycles. The molecule has 136 valence electrons. The number of amides is 1. The number of thiazole rings is 1. The molecule has 27 heavy (non-hydrogen) atoms. The SMILES string of the molecule is COc1ccc2sc(N(Cc3ccccn3)C(=O)Cc3cccs3)nc2c1. The Labute approximate surface area is 164 Å². The molecule has 5 nitrogen and oxygen atoms in total. The molecule has 0 aliphatic rings. The lowest BCUT2D eigenvalue weighted by molar-refractivity contribution is -0.118. The van der Waals surface area contributed by atoms with Gasteiger partial charge in [0, 0.05) is 17.1 Å². The number of aromatic nitrogens is 2. The zero-order chi connectivity index (χ0) is 18.6. The topological polar surface area (TPSA) is 55.3 Å². The van der Waals surface area contributed by atoms with E-state index >= 15 is 0 Å². The fourth-order valence-electron chi connectivity index (χ4n) is 2.71. The van der Waals surface area contributed by atoms with Gasteiger partial charge in [-0.05, 0) is 35.7 Å². The number of hydrogen-bond donors (Lipinski definition) is 0. The fraction of sp³-hybridized carbons (Fsp3) is 0.150. The Kier molecular flexibility index (Phi) is 5.13. The number of fused-ring (bicyclic) bond motifs is 1. The summed E-state index contributed by atoms with van der Waals surface area (Å²) in [6, 6.07) is 15.4. The van der Waals surface area contributed by atoms with Crippen LogP contribution in [0.15, 0.2) is 60.1 Å². The number of pyridine rings is 1. The van der Waals surface area contributed by atoms with Crippen LogP contribution in [-0.4, -0.2) is 23.0 Å². The van der Waals surface area contributed by atoms with Crippen molar-refractivity contribution >= 4 is 43.9 Å². The first kappa shape index (κ1) is 17.6. The van der Waals surface area contributed by atoms with Gasteiger partial charge in [-0.1, -0.05) is 23.5 Å². The van der Waals surface area contributed by atoms with Crippen LogP contribution in [0, 0.1) is 0 Å². The molecular formula is C20H17N3O2S2. The number of ether oxygens (including phenoxy) is 1. The highest BCUT2D eigenvalue weighted by molar-refractivity contribution is 7.22. The molecule has 0 saturated heterocycles. The summed E-state index contributed by atoms with van der Waals surface area (Å²) in [5, 5.41) is 2.65. The fourth-order valence-corrected chi connectivity index (χ4v) is 4.37. The molecule has 0 radical (unpaired) electrons. The summed E-state index contributed by atoms with van der Waals surface area (Å²) < 4.78 is 6.30. The van der Waals surface area contributed by atoms with Gasteiger partial charge in [-0.15, -0.1) is 11.3 Å². The number of hydrogen-bond acceptors (Lipinski definition) is 6. The van der Waals surface area contributed by atoms with Gasteiger partial charge in [0.15, 0.2) is 5.13 Å². The summed E-state index contributed by atoms with van der Waals surface area (Å²) in [5.74, 6) is 0.759. The molecule has 3 aromatic heterocycles. The Morgan fingerprint density at radius 3 is 2.85 bits per heavy atom. The maximum atomic E-state index is 13.1. The Balaban J connectivity index is 1.69. The molecular weight excluding hydrogens is 378 g/mol. The number of anilines is 1. The van der Waals surface area contributed by atoms with Crippen molar-refractivity contribution in [1.29, 1.82) is 0 Å². The number of thiophene rings is 1. The lowest BCUT2D eigenvalue weighted by atomic mass is 10.3. The van der Waals surface area contributed by atoms with Crippen molar-refractivity contribution in [2.45, 2.75) is 13.0 Å². The van der Waals surface area contributed by atoms with Gasteiger partial charge in [0.1, 0.15) is 5.75 Å². The monoisotopic (exact) mass is 395 g/mol. The summed E-state index contributed by atoms with van der Waals surface area (Å²) in [4.78, 5) is 24.9. The molecule has 4 rings (SSSR count). The Morgan fingerprint density at radius 2 is 2.11 bits per heavy atom. The first-order valence-electron chi connectivity index (χ1n) is 8.40. The number of carbonyl (C=O) groups is 1. The van der Waals surface area contributed by atoms with Crippen LogP contribution in [0.3, 0.4) is 0 Å². The highest BCUT2D eigenvalue weighted by atomic mass is 32.1. The van der Waals surface area contributed by atoms with Crippen LogP contribution in [-0.2, 0) is 17.8 Å². The second-order valence-corrected chi connectivity index (χ2v) is 7.93. The van der Waals surface area contributed by atoms with Gasteiger partial charge in [-0.2, -0.15) is 0 Å². The zero-order valence-corrected chi connectivity index (χ0v) is 16.3. The molecule has 0 aliphatic heterocycles. The maximum absolute atomic E-state index is 13.1. The van der Waals surface area contributed by atoms with Crippen LogP contribution >= 0.6 is 22.7 Å². The summed E-state index contributed by atoms with van der Waals surface area (Å²) in [6.45, 7) is 0.391. The first-order chi connectivity index (χ1) is 13.2. The Hall–Kier alpha value is -2.77. The largest absolute Gasteiger partial charge is 0.497 e. The third-order valence-corrected chi connectivity index (χ3v) is 6.00. The van der Waals surface area contributed by atoms with Crippen LogP contribution in [0.2, 0.25) is 0 Å². The van der Waals surface area contributed by atoms with Gasteiger partial charge in [-0.3, -0.25) is 14.7 Å². The van der Waals surface area contributed by atoms with E-state index in [-0.39, 0.29) is 5.91 Å². The van der Waals surface area contributed by atoms with E-state index in [4.69, 9.17) is 4.74 Å². The number of benzene rings is 1. The normalized spacial score (nSPS) is 10.9. The number of nitrogens with zero attached hydrogens (tertiary/aromatic N) is 3. The Morgan fingerprint density at radius 1 is 1.19 bits per heavy atom. The molecule has 4 aromatic rings. The standard InChI is InChI=1S/C20H17N3O2S2/c1-25-15-7-8-18-17(11-15)22-20(27-18)23(13-14-5-2-3-9-21-14)19(24)12-16-6-4-10-26-16/h2-11H,12-13H2,1H3. The molecule has 7 heteroatoms. The smallest absolute Gasteiger partial charge is 0.234 e. The minimum absolute atomic E-state index is 0.00845. The molecule has 0 unspecified atom stereocenters. The van der Waals surface area contributed by atoms with E-state index in [1.807, 2.05) is 53.9 Å². The van der Waals surface area contributed by atoms with Gasteiger partial charge in [-0.25, -0.2) is 4.98 Å². The molecule has 0 spiro atoms. The highest BCUT2D eigenvalue weighted by Crippen LogP contribution is 2.32. The highest BCUT2D eigenvalue weighted by Gasteiger charge is 2.21. The quantitative estimate of drug-likeness (QED) is 0.481. The second kappa shape index (κ2) is 7.85. The molecule has 1 aromatic carbocycles. The van der Waals surface area contributed by atoms with E-state index in [0.717, 1.165) is 26.5 Å². The average molecular weight is 396 g/mol. The second-order valence-electron chi connectivity index (χ2n) is 5.89. The lowest BCUT2D eigenvalue weighted by Crippen LogP contribution is -2.31. The minimum Gasteiger partial charge on any atom is -0.497 e. The predicted molar refractivity (Wildman–Crippen MR) is 110 cm³/mol. The van der Waals surface area contributed by atoms with Crippen LogP contribution in [0.5, 0.6) is 5.75 Å². The summed E-state index contributed by atoms with van der Waals surface area (Å²) in [5.41, 5.74) is 1.65. The number of carbonyl (C=O) groups excluding carboxylic acids is 1. The summed E-state index contributed by atoms with van der Waals surface area (Å²) in [6.07, 6.45) is 2.09. The molecule has 0 aliphatic carbocycles. The van der Waals surface area contributed by atoms with Gasteiger partial charge in [0.2, 0.25) is 5.91 Å². The van der Waals surface area contributed by atoms with Crippen molar-refractivity contribution in [3.8, 4) is 5.75 Å². The van der Waals surface area contributed by atoms with Crippen molar-refractivity contribution < 1.29 is 9.53 Å². The lowest BCUT2D eigenvalue weighted by Gasteiger charge is -2.19. The van der Waals surface area contributed by atoms with Gasteiger partial charge >= 0.3 is 0 Å². The zero-order valence-electron chi connectivity index (χ0n) is 14.7. The summed E-state index contributed by atoms with van der Waals surface area (Å²) >= 11 is 3.08. The molecule has 0 N–H and O–H groups in total. The number of rotatable bonds is 6. The van der Waals surface area contributed by atoms with Crippen molar-refractivity contribution in [1.82, 2.24) is 9.97 Å². The Bertz CT molecular complexity index is 1050. The third kappa shape index (κ3) is 3.99. The molecule has 3 heterocycles. The van der Waals surface area contributed by atoms with Crippen molar-refractivity contribution in [3.05, 3.63) is 70.7 Å². The van der Waals surface area contributed by atoms with Crippen molar-refractivity contribution in [2.75, 3.05) is 12.0 Å². The molecule has 0 fully saturated rings. The van der Waals surface area contributed by atoms with E-state index < -0.39 is 0 Å². The van der Waals surface area contributed by atoms with Crippen LogP contribution in [0.4, 0.5) is 5.13 Å². The first-order valence-corrected chi connectivity index (χ1v) is 10.1. The summed E-state index contributed by atoms with van der Waals surface area (Å²) in [7, 11) is 1.63. The molecule has 0 atom stereocenters. The van der Waals surface area contributed by atoms with Crippen LogP contribution in [0.1, 0.15) is 10.6 Å². The van der Waals surface area contributed by atoms with E-state index in [2.05, 4.69) is 9.97 Å².